The van der Waals surface area contributed by atoms with Crippen LogP contribution in [0.3, 0.4) is 0 Å². The minimum absolute atomic E-state index is 0.0120. The SMILES string of the molecule is CC(C)c1[nH]nc(C(=O)O)c1S. The lowest BCUT2D eigenvalue weighted by atomic mass is 10.1. The lowest BCUT2D eigenvalue weighted by Gasteiger charge is -2.00. The van der Waals surface area contributed by atoms with Gasteiger partial charge in [0.25, 0.3) is 0 Å². The minimum Gasteiger partial charge on any atom is -0.476 e. The van der Waals surface area contributed by atoms with Crippen LogP contribution >= 0.6 is 12.6 Å². The minimum atomic E-state index is -1.05. The standard InChI is InChI=1S/C7H10N2O2S/c1-3(2)4-6(12)5(7(10)11)9-8-4/h3,12H,1-2H3,(H,8,9)(H,10,11). The van der Waals surface area contributed by atoms with Crippen LogP contribution in [0.4, 0.5) is 0 Å². The summed E-state index contributed by atoms with van der Waals surface area (Å²) in [6.45, 7) is 3.89. The van der Waals surface area contributed by atoms with Gasteiger partial charge in [-0.15, -0.1) is 12.6 Å². The molecule has 0 aliphatic carbocycles. The second-order valence-corrected chi connectivity index (χ2v) is 3.24. The smallest absolute Gasteiger partial charge is 0.357 e. The van der Waals surface area contributed by atoms with Gasteiger partial charge >= 0.3 is 5.97 Å². The monoisotopic (exact) mass is 186 g/mol. The Bertz CT molecular complexity index is 306. The van der Waals surface area contributed by atoms with Gasteiger partial charge in [-0.1, -0.05) is 13.8 Å². The molecule has 1 aromatic rings. The number of nitrogens with zero attached hydrogens (tertiary/aromatic N) is 1. The number of H-pyrrole nitrogens is 1. The van der Waals surface area contributed by atoms with Crippen LogP contribution in [0.15, 0.2) is 4.90 Å². The van der Waals surface area contributed by atoms with E-state index in [2.05, 4.69) is 22.8 Å². The van der Waals surface area contributed by atoms with Crippen LogP contribution in [0.25, 0.3) is 0 Å². The summed E-state index contributed by atoms with van der Waals surface area (Å²) in [6, 6.07) is 0. The van der Waals surface area contributed by atoms with Gasteiger partial charge in [0, 0.05) is 0 Å². The normalized spacial score (nSPS) is 10.7. The summed E-state index contributed by atoms with van der Waals surface area (Å²) in [5.74, 6) is -0.846. The number of carboxylic acids is 1. The summed E-state index contributed by atoms with van der Waals surface area (Å²) in [7, 11) is 0. The third-order valence-electron chi connectivity index (χ3n) is 1.55. The van der Waals surface area contributed by atoms with Gasteiger partial charge in [-0.2, -0.15) is 5.10 Å². The summed E-state index contributed by atoms with van der Waals surface area (Å²) in [5, 5.41) is 14.9. The van der Waals surface area contributed by atoms with Crippen molar-refractivity contribution in [2.24, 2.45) is 0 Å². The van der Waals surface area contributed by atoms with Crippen LogP contribution < -0.4 is 0 Å². The van der Waals surface area contributed by atoms with Gasteiger partial charge in [-0.05, 0) is 5.92 Å². The molecule has 1 rings (SSSR count). The summed E-state index contributed by atoms with van der Waals surface area (Å²) in [6.07, 6.45) is 0. The van der Waals surface area contributed by atoms with E-state index in [-0.39, 0.29) is 11.6 Å². The van der Waals surface area contributed by atoms with E-state index in [1.165, 1.54) is 0 Å². The number of aromatic carboxylic acids is 1. The van der Waals surface area contributed by atoms with E-state index in [0.717, 1.165) is 5.69 Å². The quantitative estimate of drug-likeness (QED) is 0.613. The Morgan fingerprint density at radius 2 is 2.25 bits per heavy atom. The molecule has 12 heavy (non-hydrogen) atoms. The molecule has 0 amide bonds. The van der Waals surface area contributed by atoms with Gasteiger partial charge in [0.2, 0.25) is 0 Å². The molecule has 0 saturated carbocycles. The van der Waals surface area contributed by atoms with Crippen molar-refractivity contribution in [3.63, 3.8) is 0 Å². The van der Waals surface area contributed by atoms with Crippen molar-refractivity contribution in [3.05, 3.63) is 11.4 Å². The van der Waals surface area contributed by atoms with Crippen molar-refractivity contribution in [2.75, 3.05) is 0 Å². The Labute approximate surface area is 75.4 Å². The van der Waals surface area contributed by atoms with Gasteiger partial charge in [0.15, 0.2) is 5.69 Å². The number of aromatic nitrogens is 2. The number of carbonyl (C=O) groups is 1. The van der Waals surface area contributed by atoms with E-state index in [1.54, 1.807) is 0 Å². The van der Waals surface area contributed by atoms with E-state index in [1.807, 2.05) is 13.8 Å². The Hall–Kier alpha value is -0.970. The van der Waals surface area contributed by atoms with E-state index >= 15 is 0 Å². The van der Waals surface area contributed by atoms with E-state index in [0.29, 0.717) is 4.90 Å². The van der Waals surface area contributed by atoms with Crippen LogP contribution in [0.2, 0.25) is 0 Å². The van der Waals surface area contributed by atoms with Crippen molar-refractivity contribution >= 4 is 18.6 Å². The number of hydrogen-bond donors (Lipinski definition) is 3. The predicted molar refractivity (Wildman–Crippen MR) is 46.9 cm³/mol. The van der Waals surface area contributed by atoms with Crippen LogP contribution in [0.5, 0.6) is 0 Å². The Morgan fingerprint density at radius 3 is 2.50 bits per heavy atom. The molecule has 5 heteroatoms. The van der Waals surface area contributed by atoms with Gasteiger partial charge in [0.1, 0.15) is 0 Å². The average Bonchev–Trinajstić information content (AvgIpc) is 2.30. The molecule has 0 saturated heterocycles. The Morgan fingerprint density at radius 1 is 1.67 bits per heavy atom. The Kier molecular flexibility index (Phi) is 2.42. The van der Waals surface area contributed by atoms with Gasteiger partial charge in [-0.25, -0.2) is 4.79 Å². The van der Waals surface area contributed by atoms with Crippen molar-refractivity contribution in [1.29, 1.82) is 0 Å². The largest absolute Gasteiger partial charge is 0.476 e. The fraction of sp³-hybridized carbons (Fsp3) is 0.429. The van der Waals surface area contributed by atoms with E-state index < -0.39 is 5.97 Å². The molecule has 0 aromatic carbocycles. The van der Waals surface area contributed by atoms with Gasteiger partial charge in [0.05, 0.1) is 10.6 Å². The van der Waals surface area contributed by atoms with Gasteiger partial charge < -0.3 is 5.11 Å². The molecule has 2 N–H and O–H groups in total. The third kappa shape index (κ3) is 1.45. The number of nitrogens with one attached hydrogen (secondary N) is 1. The van der Waals surface area contributed by atoms with Crippen LogP contribution in [0.1, 0.15) is 35.9 Å². The maximum Gasteiger partial charge on any atom is 0.357 e. The zero-order valence-electron chi connectivity index (χ0n) is 6.83. The molecule has 0 bridgehead atoms. The molecule has 0 unspecified atom stereocenters. The van der Waals surface area contributed by atoms with Crippen molar-refractivity contribution in [3.8, 4) is 0 Å². The maximum absolute atomic E-state index is 10.5. The van der Waals surface area contributed by atoms with Crippen LogP contribution in [-0.4, -0.2) is 21.3 Å². The number of carboxylic acid groups (broad SMARTS) is 1. The summed E-state index contributed by atoms with van der Waals surface area (Å²) in [5.41, 5.74) is 0.748. The first-order valence-corrected chi connectivity index (χ1v) is 3.99. The number of hydrogen-bond acceptors (Lipinski definition) is 3. The van der Waals surface area contributed by atoms with E-state index in [9.17, 15) is 4.79 Å². The summed E-state index contributed by atoms with van der Waals surface area (Å²) in [4.78, 5) is 11.0. The molecule has 0 spiro atoms. The first-order chi connectivity index (χ1) is 5.54. The molecule has 0 atom stereocenters. The molecule has 0 radical (unpaired) electrons. The maximum atomic E-state index is 10.5. The third-order valence-corrected chi connectivity index (χ3v) is 2.00. The zero-order chi connectivity index (χ0) is 9.30. The predicted octanol–water partition coefficient (Wildman–Crippen LogP) is 1.52. The molecule has 0 aliphatic rings. The molecule has 4 nitrogen and oxygen atoms in total. The highest BCUT2D eigenvalue weighted by Gasteiger charge is 2.17. The number of rotatable bonds is 2. The first-order valence-electron chi connectivity index (χ1n) is 3.54. The second kappa shape index (κ2) is 3.18. The number of thiol groups is 1. The summed E-state index contributed by atoms with van der Waals surface area (Å²) >= 11 is 4.07. The fourth-order valence-electron chi connectivity index (χ4n) is 0.901. The second-order valence-electron chi connectivity index (χ2n) is 2.79. The molecular weight excluding hydrogens is 176 g/mol. The highest BCUT2D eigenvalue weighted by molar-refractivity contribution is 7.80. The highest BCUT2D eigenvalue weighted by atomic mass is 32.1. The Balaban J connectivity index is 3.13. The summed E-state index contributed by atoms with van der Waals surface area (Å²) < 4.78 is 0. The molecule has 66 valence electrons. The van der Waals surface area contributed by atoms with Crippen LogP contribution in [-0.2, 0) is 0 Å². The van der Waals surface area contributed by atoms with Gasteiger partial charge in [-0.3, -0.25) is 5.10 Å². The van der Waals surface area contributed by atoms with Crippen molar-refractivity contribution in [2.45, 2.75) is 24.7 Å². The molecule has 1 aromatic heterocycles. The fourth-order valence-corrected chi connectivity index (χ4v) is 1.36. The topological polar surface area (TPSA) is 66.0 Å². The number of aromatic amines is 1. The lowest BCUT2D eigenvalue weighted by molar-refractivity contribution is 0.0686. The lowest BCUT2D eigenvalue weighted by Crippen LogP contribution is -1.97. The molecule has 0 fully saturated rings. The molecule has 0 aliphatic heterocycles. The van der Waals surface area contributed by atoms with Crippen molar-refractivity contribution < 1.29 is 9.90 Å². The molecule has 1 heterocycles. The van der Waals surface area contributed by atoms with Crippen molar-refractivity contribution in [1.82, 2.24) is 10.2 Å². The zero-order valence-corrected chi connectivity index (χ0v) is 7.72. The van der Waals surface area contributed by atoms with Crippen LogP contribution in [0, 0.1) is 0 Å². The first kappa shape index (κ1) is 9.12. The van der Waals surface area contributed by atoms with E-state index in [4.69, 9.17) is 5.11 Å². The highest BCUT2D eigenvalue weighted by Crippen LogP contribution is 2.22. The molecular formula is C7H10N2O2S. The average molecular weight is 186 g/mol.